The number of aromatic nitrogens is 6. The molecule has 10 atom stereocenters. The molecule has 93 heavy (non-hydrogen) atoms. The first kappa shape index (κ1) is 66.0. The molecule has 6 heterocycles. The topological polar surface area (TPSA) is 287 Å². The van der Waals surface area contributed by atoms with Gasteiger partial charge in [0.15, 0.2) is 30.1 Å². The number of halogens is 1. The second kappa shape index (κ2) is 31.4. The first-order valence-electron chi connectivity index (χ1n) is 30.1. The van der Waals surface area contributed by atoms with Gasteiger partial charge in [-0.2, -0.15) is 0 Å². The third kappa shape index (κ3) is 16.8. The molecule has 24 heteroatoms. The number of ether oxygens (including phenoxy) is 6. The van der Waals surface area contributed by atoms with E-state index in [1.54, 1.807) is 57.9 Å². The molecule has 0 spiro atoms. The Balaban J connectivity index is 0.000000207. The lowest BCUT2D eigenvalue weighted by molar-refractivity contribution is -0.154. The number of carbonyl (C=O) groups is 6. The Morgan fingerprint density at radius 2 is 1.04 bits per heavy atom. The van der Waals surface area contributed by atoms with E-state index in [1.165, 1.54) is 19.6 Å². The Hall–Kier alpha value is -9.91. The lowest BCUT2D eigenvalue weighted by atomic mass is 9.88. The number of hydrogen-bond donors (Lipinski definition) is 4. The number of anilines is 1. The van der Waals surface area contributed by atoms with Gasteiger partial charge in [-0.15, -0.1) is 0 Å². The molecule has 2 saturated heterocycles. The maximum atomic E-state index is 14.3. The van der Waals surface area contributed by atoms with Crippen LogP contribution in [0.25, 0.3) is 22.1 Å². The van der Waals surface area contributed by atoms with Crippen molar-refractivity contribution < 1.29 is 67.4 Å². The quantitative estimate of drug-likeness (QED) is 0.0250. The Bertz CT molecular complexity index is 3980. The van der Waals surface area contributed by atoms with Crippen molar-refractivity contribution in [3.8, 4) is 0 Å². The van der Waals surface area contributed by atoms with Crippen LogP contribution in [0.3, 0.4) is 0 Å². The van der Waals surface area contributed by atoms with E-state index in [0.717, 1.165) is 27.6 Å². The number of hydrogen-bond acceptors (Lipinski definition) is 19. The SMILES string of the molecule is CC(=O)OC1[C@@H](CC(=O)[C@H](Cc2ccccc2)NC(=O)OCc2ccccc2)[C@@H](COC(=O)c2ccccc2)O[C@H]1n1ccc2c(Cl)ncnc21.CN(C)c1ncnc2c1ccn2[C@@H]1O[C@H](CO)[C@H](CC(=O)[C@H](Cc2ccccc2)NC(=O)OCc2ccccc2)C1O. The molecule has 4 aromatic heterocycles. The molecule has 2 aliphatic rings. The highest BCUT2D eigenvalue weighted by atomic mass is 35.5. The molecule has 4 N–H and O–H groups in total. The fraction of sp³-hybridized carbons (Fsp3) is 0.304. The number of nitrogens with zero attached hydrogens (tertiary/aromatic N) is 7. The maximum absolute atomic E-state index is 14.3. The summed E-state index contributed by atoms with van der Waals surface area (Å²) in [6.45, 7) is 0.683. The fourth-order valence-electron chi connectivity index (χ4n) is 11.4. The van der Waals surface area contributed by atoms with E-state index in [0.29, 0.717) is 28.1 Å². The van der Waals surface area contributed by atoms with Crippen molar-refractivity contribution in [1.29, 1.82) is 0 Å². The zero-order valence-electron chi connectivity index (χ0n) is 51.1. The molecule has 11 rings (SSSR count). The third-order valence-corrected chi connectivity index (χ3v) is 16.3. The minimum Gasteiger partial charge on any atom is -0.459 e. The van der Waals surface area contributed by atoms with Crippen molar-refractivity contribution in [2.45, 2.75) is 94.8 Å². The zero-order valence-corrected chi connectivity index (χ0v) is 51.9. The van der Waals surface area contributed by atoms with Crippen LogP contribution in [0.15, 0.2) is 189 Å². The molecule has 0 radical (unpaired) electrons. The van der Waals surface area contributed by atoms with Gasteiger partial charge in [-0.1, -0.05) is 151 Å². The van der Waals surface area contributed by atoms with E-state index >= 15 is 0 Å². The van der Waals surface area contributed by atoms with Crippen LogP contribution in [-0.2, 0) is 68.9 Å². The van der Waals surface area contributed by atoms with Gasteiger partial charge in [-0.3, -0.25) is 14.4 Å². The molecular weight excluding hydrogens is 1210 g/mol. The number of alkyl carbamates (subject to hydrolysis) is 2. The van der Waals surface area contributed by atoms with Crippen LogP contribution < -0.4 is 15.5 Å². The van der Waals surface area contributed by atoms with E-state index < -0.39 is 91.5 Å². The Labute approximate surface area is 540 Å². The van der Waals surface area contributed by atoms with Crippen molar-refractivity contribution in [2.24, 2.45) is 11.8 Å². The average molecular weight is 1280 g/mol. The van der Waals surface area contributed by atoms with E-state index in [9.17, 15) is 39.0 Å². The highest BCUT2D eigenvalue weighted by molar-refractivity contribution is 6.33. The van der Waals surface area contributed by atoms with Crippen LogP contribution in [0.1, 0.15) is 64.8 Å². The number of carbonyl (C=O) groups excluding carboxylic acids is 6. The van der Waals surface area contributed by atoms with E-state index in [1.807, 2.05) is 146 Å². The minimum absolute atomic E-state index is 0.0127. The zero-order chi connectivity index (χ0) is 65.4. The summed E-state index contributed by atoms with van der Waals surface area (Å²) in [5, 5.41) is 28.5. The lowest BCUT2D eigenvalue weighted by Crippen LogP contribution is -2.45. The Morgan fingerprint density at radius 1 is 0.581 bits per heavy atom. The molecule has 2 amide bonds. The molecule has 2 fully saturated rings. The molecule has 9 aromatic rings. The summed E-state index contributed by atoms with van der Waals surface area (Å²) >= 11 is 6.33. The summed E-state index contributed by atoms with van der Waals surface area (Å²) in [4.78, 5) is 98.3. The summed E-state index contributed by atoms with van der Waals surface area (Å²) in [6.07, 6.45) is -0.980. The normalized spacial score (nSPS) is 19.7. The van der Waals surface area contributed by atoms with E-state index in [4.69, 9.17) is 40.0 Å². The predicted octanol–water partition coefficient (Wildman–Crippen LogP) is 8.74. The molecule has 2 unspecified atom stereocenters. The average Bonchev–Trinajstić information content (AvgIpc) is 1.64. The molecule has 0 saturated carbocycles. The van der Waals surface area contributed by atoms with Gasteiger partial charge < -0.3 is 63.3 Å². The summed E-state index contributed by atoms with van der Waals surface area (Å²) in [5.74, 6) is -2.70. The van der Waals surface area contributed by atoms with Gasteiger partial charge in [0, 0.05) is 58.1 Å². The van der Waals surface area contributed by atoms with Crippen LogP contribution >= 0.6 is 11.6 Å². The standard InChI is InChI=1S/C38H35ClN4O8.C31H35N5O6/c1-24(44)50-33-29(20-31(45)30(19-25-11-5-2-6-12-25)42-38(47)49-21-26-13-7-3-8-14-26)32(22-48-37(46)27-15-9-4-10-16-27)51-36(33)43-18-17-28-34(39)40-23-41-35(28)43;1-35(2)28-22-13-14-36(29(22)33-19-32-28)30-27(39)23(26(17-37)42-30)16-25(38)24(15-20-9-5-3-6-10-20)34-31(40)41-18-21-11-7-4-8-12-21/h2-18,23,29-30,32-33,36H,19-22H2,1H3,(H,42,47);3-14,19,23-24,26-27,30,37,39H,15-18H2,1-2H3,(H,34,40)/t29-,30-,32+,33?,36+;23-,24-,26+,27?,30+/m00/s1. The fourth-order valence-corrected chi connectivity index (χ4v) is 11.6. The molecule has 482 valence electrons. The summed E-state index contributed by atoms with van der Waals surface area (Å²) in [6, 6.07) is 47.1. The number of benzene rings is 5. The van der Waals surface area contributed by atoms with Gasteiger partial charge in [0.2, 0.25) is 0 Å². The lowest BCUT2D eigenvalue weighted by Gasteiger charge is -2.26. The molecule has 5 aromatic carbocycles. The summed E-state index contributed by atoms with van der Waals surface area (Å²) in [7, 11) is 3.75. The number of fused-ring (bicyclic) bond motifs is 2. The Morgan fingerprint density at radius 3 is 1.56 bits per heavy atom. The van der Waals surface area contributed by atoms with E-state index in [-0.39, 0.29) is 62.2 Å². The van der Waals surface area contributed by atoms with Gasteiger partial charge in [0.1, 0.15) is 66.9 Å². The smallest absolute Gasteiger partial charge is 0.408 e. The second-order valence-corrected chi connectivity index (χ2v) is 22.9. The molecule has 23 nitrogen and oxygen atoms in total. The highest BCUT2D eigenvalue weighted by Crippen LogP contribution is 2.42. The van der Waals surface area contributed by atoms with Gasteiger partial charge >= 0.3 is 24.1 Å². The highest BCUT2D eigenvalue weighted by Gasteiger charge is 2.50. The van der Waals surface area contributed by atoms with Crippen LogP contribution in [0.2, 0.25) is 5.15 Å². The van der Waals surface area contributed by atoms with Crippen molar-refractivity contribution in [3.05, 3.63) is 222 Å². The maximum Gasteiger partial charge on any atom is 0.408 e. The van der Waals surface area contributed by atoms with Gasteiger partial charge in [0.25, 0.3) is 0 Å². The van der Waals surface area contributed by atoms with Crippen LogP contribution in [0.4, 0.5) is 15.4 Å². The van der Waals surface area contributed by atoms with Gasteiger partial charge in [-0.05, 0) is 59.4 Å². The second-order valence-electron chi connectivity index (χ2n) is 22.6. The Kier molecular flexibility index (Phi) is 22.3. The molecular formula is C69H70ClN9O14. The predicted molar refractivity (Wildman–Crippen MR) is 341 cm³/mol. The summed E-state index contributed by atoms with van der Waals surface area (Å²) in [5.41, 5.74) is 4.57. The molecule has 2 aliphatic heterocycles. The first-order chi connectivity index (χ1) is 45.1. The van der Waals surface area contributed by atoms with Crippen molar-refractivity contribution in [1.82, 2.24) is 39.7 Å². The first-order valence-corrected chi connectivity index (χ1v) is 30.5. The molecule has 0 aliphatic carbocycles. The number of aliphatic hydroxyl groups excluding tert-OH is 2. The minimum atomic E-state index is -1.12. The number of rotatable bonds is 24. The van der Waals surface area contributed by atoms with Crippen LogP contribution in [0.5, 0.6) is 0 Å². The van der Waals surface area contributed by atoms with Gasteiger partial charge in [-0.25, -0.2) is 34.3 Å². The van der Waals surface area contributed by atoms with Crippen molar-refractivity contribution in [3.63, 3.8) is 0 Å². The number of Topliss-reactive ketones (excluding diaryl/α,β-unsaturated/α-hetero) is 2. The van der Waals surface area contributed by atoms with Crippen molar-refractivity contribution in [2.75, 3.05) is 32.2 Å². The number of aliphatic hydroxyl groups is 2. The molecule has 0 bridgehead atoms. The summed E-state index contributed by atoms with van der Waals surface area (Å²) < 4.78 is 38.3. The van der Waals surface area contributed by atoms with E-state index in [2.05, 4.69) is 30.6 Å². The monoisotopic (exact) mass is 1280 g/mol. The number of amides is 2. The number of esters is 2. The van der Waals surface area contributed by atoms with Crippen LogP contribution in [0, 0.1) is 11.8 Å². The third-order valence-electron chi connectivity index (χ3n) is 16.0. The number of nitrogens with one attached hydrogen (secondary N) is 2. The van der Waals surface area contributed by atoms with Crippen LogP contribution in [-0.4, -0.2) is 139 Å². The van der Waals surface area contributed by atoms with Crippen molar-refractivity contribution >= 4 is 75.2 Å². The van der Waals surface area contributed by atoms with Gasteiger partial charge in [0.05, 0.1) is 41.1 Å². The largest absolute Gasteiger partial charge is 0.459 e. The number of ketones is 2.